The van der Waals surface area contributed by atoms with Gasteiger partial charge in [-0.25, -0.2) is 0 Å². The zero-order chi connectivity index (χ0) is 12.3. The van der Waals surface area contributed by atoms with Crippen LogP contribution >= 0.6 is 0 Å². The van der Waals surface area contributed by atoms with Crippen molar-refractivity contribution in [1.29, 1.82) is 0 Å². The molecule has 1 aliphatic rings. The summed E-state index contributed by atoms with van der Waals surface area (Å²) in [7, 11) is 0. The molecule has 2 heterocycles. The zero-order valence-electron chi connectivity index (χ0n) is 10.5. The number of aromatic nitrogens is 1. The van der Waals surface area contributed by atoms with Gasteiger partial charge in [-0.3, -0.25) is 14.7 Å². The zero-order valence-corrected chi connectivity index (χ0v) is 10.5. The summed E-state index contributed by atoms with van der Waals surface area (Å²) in [4.78, 5) is 19.9. The van der Waals surface area contributed by atoms with Crippen molar-refractivity contribution in [3.8, 4) is 0 Å². The number of hydrogen-bond acceptors (Lipinski definition) is 3. The van der Waals surface area contributed by atoms with Crippen LogP contribution in [-0.2, 0) is 4.79 Å². The molecule has 0 saturated carbocycles. The Morgan fingerprint density at radius 2 is 2.00 bits per heavy atom. The van der Waals surface area contributed by atoms with Crippen LogP contribution in [0.4, 0.5) is 0 Å². The largest absolute Gasteiger partial charge is 0.340 e. The maximum atomic E-state index is 11.2. The Hall–Kier alpha value is -1.42. The predicted molar refractivity (Wildman–Crippen MR) is 66.5 cm³/mol. The molecule has 1 aromatic heterocycles. The molecule has 92 valence electrons. The summed E-state index contributed by atoms with van der Waals surface area (Å²) >= 11 is 0. The van der Waals surface area contributed by atoms with Crippen LogP contribution in [0.1, 0.15) is 25.6 Å². The van der Waals surface area contributed by atoms with Crippen LogP contribution in [0.25, 0.3) is 0 Å². The van der Waals surface area contributed by atoms with E-state index in [-0.39, 0.29) is 5.91 Å². The molecule has 0 bridgehead atoms. The van der Waals surface area contributed by atoms with Gasteiger partial charge in [0.15, 0.2) is 0 Å². The van der Waals surface area contributed by atoms with Crippen molar-refractivity contribution in [2.75, 3.05) is 26.2 Å². The lowest BCUT2D eigenvalue weighted by Crippen LogP contribution is -2.48. The number of carbonyl (C=O) groups excluding carboxylic acids is 1. The van der Waals surface area contributed by atoms with E-state index in [1.165, 1.54) is 0 Å². The van der Waals surface area contributed by atoms with Crippen molar-refractivity contribution >= 4 is 5.91 Å². The van der Waals surface area contributed by atoms with E-state index in [0.29, 0.717) is 6.04 Å². The minimum Gasteiger partial charge on any atom is -0.340 e. The Balaban J connectivity index is 1.95. The first-order valence-electron chi connectivity index (χ1n) is 6.09. The molecule has 1 atom stereocenters. The molecule has 4 heteroatoms. The van der Waals surface area contributed by atoms with Crippen molar-refractivity contribution in [1.82, 2.24) is 14.8 Å². The molecule has 1 aromatic rings. The van der Waals surface area contributed by atoms with Gasteiger partial charge in [0.1, 0.15) is 0 Å². The molecule has 0 aliphatic carbocycles. The highest BCUT2D eigenvalue weighted by Gasteiger charge is 2.23. The van der Waals surface area contributed by atoms with E-state index in [9.17, 15) is 4.79 Å². The Labute approximate surface area is 102 Å². The number of carbonyl (C=O) groups is 1. The van der Waals surface area contributed by atoms with Crippen molar-refractivity contribution in [2.45, 2.75) is 19.9 Å². The normalized spacial score (nSPS) is 19.1. The smallest absolute Gasteiger partial charge is 0.219 e. The SMILES string of the molecule is CC(=O)N1CCN(C(C)c2ccccn2)CC1. The van der Waals surface area contributed by atoms with Gasteiger partial charge in [-0.05, 0) is 19.1 Å². The third-order valence-corrected chi connectivity index (χ3v) is 3.42. The molecule has 17 heavy (non-hydrogen) atoms. The Morgan fingerprint density at radius 1 is 1.29 bits per heavy atom. The number of amides is 1. The van der Waals surface area contributed by atoms with E-state index in [1.54, 1.807) is 6.92 Å². The molecule has 0 radical (unpaired) electrons. The molecular weight excluding hydrogens is 214 g/mol. The second-order valence-electron chi connectivity index (χ2n) is 4.47. The molecule has 1 fully saturated rings. The monoisotopic (exact) mass is 233 g/mol. The fourth-order valence-corrected chi connectivity index (χ4v) is 2.23. The molecular formula is C13H19N3O. The fourth-order valence-electron chi connectivity index (χ4n) is 2.23. The van der Waals surface area contributed by atoms with Gasteiger partial charge in [0, 0.05) is 45.3 Å². The van der Waals surface area contributed by atoms with Crippen molar-refractivity contribution in [3.63, 3.8) is 0 Å². The Kier molecular flexibility index (Phi) is 3.74. The third-order valence-electron chi connectivity index (χ3n) is 3.42. The topological polar surface area (TPSA) is 36.4 Å². The van der Waals surface area contributed by atoms with Crippen LogP contribution in [0.15, 0.2) is 24.4 Å². The van der Waals surface area contributed by atoms with E-state index >= 15 is 0 Å². The van der Waals surface area contributed by atoms with Crippen LogP contribution in [0.5, 0.6) is 0 Å². The van der Waals surface area contributed by atoms with Crippen molar-refractivity contribution in [3.05, 3.63) is 30.1 Å². The molecule has 1 aliphatic heterocycles. The van der Waals surface area contributed by atoms with Gasteiger partial charge in [-0.2, -0.15) is 0 Å². The summed E-state index contributed by atoms with van der Waals surface area (Å²) in [6.45, 7) is 7.32. The van der Waals surface area contributed by atoms with Crippen molar-refractivity contribution in [2.24, 2.45) is 0 Å². The minimum absolute atomic E-state index is 0.176. The average Bonchev–Trinajstić information content (AvgIpc) is 2.39. The number of nitrogens with zero attached hydrogens (tertiary/aromatic N) is 3. The average molecular weight is 233 g/mol. The second kappa shape index (κ2) is 5.27. The molecule has 1 saturated heterocycles. The van der Waals surface area contributed by atoms with Gasteiger partial charge in [0.05, 0.1) is 5.69 Å². The van der Waals surface area contributed by atoms with Crippen LogP contribution in [0.3, 0.4) is 0 Å². The molecule has 4 nitrogen and oxygen atoms in total. The van der Waals surface area contributed by atoms with E-state index in [0.717, 1.165) is 31.9 Å². The summed E-state index contributed by atoms with van der Waals surface area (Å²) in [6, 6.07) is 6.33. The highest BCUT2D eigenvalue weighted by molar-refractivity contribution is 5.73. The van der Waals surface area contributed by atoms with Gasteiger partial charge in [-0.15, -0.1) is 0 Å². The molecule has 2 rings (SSSR count). The lowest BCUT2D eigenvalue weighted by Gasteiger charge is -2.37. The van der Waals surface area contributed by atoms with Crippen molar-refractivity contribution < 1.29 is 4.79 Å². The molecule has 0 spiro atoms. The fraction of sp³-hybridized carbons (Fsp3) is 0.538. The summed E-state index contributed by atoms with van der Waals surface area (Å²) in [5.74, 6) is 0.176. The first kappa shape index (κ1) is 12.0. The maximum absolute atomic E-state index is 11.2. The Morgan fingerprint density at radius 3 is 2.53 bits per heavy atom. The lowest BCUT2D eigenvalue weighted by molar-refractivity contribution is -0.130. The van der Waals surface area contributed by atoms with Gasteiger partial charge in [0.2, 0.25) is 5.91 Å². The van der Waals surface area contributed by atoms with Crippen LogP contribution in [0.2, 0.25) is 0 Å². The van der Waals surface area contributed by atoms with Gasteiger partial charge >= 0.3 is 0 Å². The molecule has 1 amide bonds. The second-order valence-corrected chi connectivity index (χ2v) is 4.47. The summed E-state index contributed by atoms with van der Waals surface area (Å²) < 4.78 is 0. The molecule has 0 N–H and O–H groups in total. The number of rotatable bonds is 2. The first-order valence-corrected chi connectivity index (χ1v) is 6.09. The van der Waals surface area contributed by atoms with Crippen LogP contribution < -0.4 is 0 Å². The van der Waals surface area contributed by atoms with Crippen LogP contribution in [-0.4, -0.2) is 46.9 Å². The summed E-state index contributed by atoms with van der Waals surface area (Å²) in [5, 5.41) is 0. The van der Waals surface area contributed by atoms with Gasteiger partial charge < -0.3 is 4.90 Å². The third kappa shape index (κ3) is 2.82. The van der Waals surface area contributed by atoms with E-state index in [1.807, 2.05) is 23.2 Å². The molecule has 1 unspecified atom stereocenters. The van der Waals surface area contributed by atoms with Crippen LogP contribution in [0, 0.1) is 0 Å². The molecule has 0 aromatic carbocycles. The minimum atomic E-state index is 0.176. The highest BCUT2D eigenvalue weighted by Crippen LogP contribution is 2.19. The summed E-state index contributed by atoms with van der Waals surface area (Å²) in [5.41, 5.74) is 1.10. The van der Waals surface area contributed by atoms with E-state index in [2.05, 4.69) is 22.9 Å². The quantitative estimate of drug-likeness (QED) is 0.772. The lowest BCUT2D eigenvalue weighted by atomic mass is 10.1. The van der Waals surface area contributed by atoms with E-state index < -0.39 is 0 Å². The predicted octanol–water partition coefficient (Wildman–Crippen LogP) is 1.31. The Bertz CT molecular complexity index is 372. The number of piperazine rings is 1. The number of hydrogen-bond donors (Lipinski definition) is 0. The maximum Gasteiger partial charge on any atom is 0.219 e. The van der Waals surface area contributed by atoms with Gasteiger partial charge in [0.25, 0.3) is 0 Å². The van der Waals surface area contributed by atoms with E-state index in [4.69, 9.17) is 0 Å². The standard InChI is InChI=1S/C13H19N3O/c1-11(13-5-3-4-6-14-13)15-7-9-16(10-8-15)12(2)17/h3-6,11H,7-10H2,1-2H3. The first-order chi connectivity index (χ1) is 8.18. The highest BCUT2D eigenvalue weighted by atomic mass is 16.2. The van der Waals surface area contributed by atoms with Gasteiger partial charge in [-0.1, -0.05) is 6.07 Å². The summed E-state index contributed by atoms with van der Waals surface area (Å²) in [6.07, 6.45) is 1.83. The number of pyridine rings is 1.